The second-order valence-electron chi connectivity index (χ2n) is 8.41. The van der Waals surface area contributed by atoms with E-state index in [2.05, 4.69) is 20.9 Å². The highest BCUT2D eigenvalue weighted by Crippen LogP contribution is 2.46. The molecule has 0 spiro atoms. The van der Waals surface area contributed by atoms with Gasteiger partial charge in [-0.3, -0.25) is 9.48 Å². The van der Waals surface area contributed by atoms with Crippen molar-refractivity contribution in [1.29, 1.82) is 0 Å². The molecule has 2 aliphatic heterocycles. The Labute approximate surface area is 173 Å². The number of carboxylic acid groups (broad SMARTS) is 1. The largest absolute Gasteiger partial charge is 0.548 e. The van der Waals surface area contributed by atoms with Crippen LogP contribution in [-0.2, 0) is 45.4 Å². The summed E-state index contributed by atoms with van der Waals surface area (Å²) in [6, 6.07) is 2.56. The number of aromatic nitrogens is 4. The van der Waals surface area contributed by atoms with Gasteiger partial charge in [-0.1, -0.05) is 5.21 Å². The third-order valence-electron chi connectivity index (χ3n) is 6.57. The summed E-state index contributed by atoms with van der Waals surface area (Å²) in [5.41, 5.74) is 3.22. The highest BCUT2D eigenvalue weighted by molar-refractivity contribution is 7.93. The summed E-state index contributed by atoms with van der Waals surface area (Å²) in [6.07, 6.45) is 6.59. The maximum Gasteiger partial charge on any atom is 0.227 e. The van der Waals surface area contributed by atoms with Crippen LogP contribution < -0.4 is 9.67 Å². The smallest absolute Gasteiger partial charge is 0.227 e. The Balaban J connectivity index is 1.43. The Morgan fingerprint density at radius 3 is 2.93 bits per heavy atom. The number of aryl methyl sites for hydroxylation is 1. The first kappa shape index (κ1) is 19.2. The number of aliphatic carboxylic acids is 1. The van der Waals surface area contributed by atoms with Gasteiger partial charge in [0, 0.05) is 18.1 Å². The zero-order valence-corrected chi connectivity index (χ0v) is 17.2. The molecule has 2 saturated heterocycles. The predicted molar refractivity (Wildman–Crippen MR) is 99.2 cm³/mol. The second kappa shape index (κ2) is 6.34. The van der Waals surface area contributed by atoms with Crippen LogP contribution in [0.15, 0.2) is 24.5 Å². The SMILES string of the molecule is C[C@]1(Cn2cc(C[n+]3cccc4c3CCC4)nn2)[C@H](C(=O)[O-])N2C(=O)C[C@H]2S1(=O)=O. The summed E-state index contributed by atoms with van der Waals surface area (Å²) in [4.78, 5) is 24.6. The second-order valence-corrected chi connectivity index (χ2v) is 11.0. The molecule has 1 aliphatic carbocycles. The molecule has 0 aromatic carbocycles. The van der Waals surface area contributed by atoms with E-state index < -0.39 is 37.9 Å². The normalized spacial score (nSPS) is 28.8. The first-order valence-corrected chi connectivity index (χ1v) is 11.4. The molecular weight excluding hydrogens is 410 g/mol. The molecule has 0 N–H and O–H groups in total. The van der Waals surface area contributed by atoms with Crippen LogP contribution in [0.4, 0.5) is 0 Å². The van der Waals surface area contributed by atoms with Crippen molar-refractivity contribution in [2.24, 2.45) is 0 Å². The maximum absolute atomic E-state index is 13.0. The number of amides is 1. The summed E-state index contributed by atoms with van der Waals surface area (Å²) in [6.45, 7) is 1.61. The van der Waals surface area contributed by atoms with Gasteiger partial charge >= 0.3 is 0 Å². The fourth-order valence-electron chi connectivity index (χ4n) is 5.02. The summed E-state index contributed by atoms with van der Waals surface area (Å²) in [7, 11) is -3.92. The summed E-state index contributed by atoms with van der Waals surface area (Å²) >= 11 is 0. The number of rotatable bonds is 5. The van der Waals surface area contributed by atoms with Crippen molar-refractivity contribution in [1.82, 2.24) is 19.9 Å². The van der Waals surface area contributed by atoms with Gasteiger partial charge in [-0.25, -0.2) is 8.42 Å². The van der Waals surface area contributed by atoms with E-state index >= 15 is 0 Å². The van der Waals surface area contributed by atoms with E-state index in [1.165, 1.54) is 22.9 Å². The fourth-order valence-corrected chi connectivity index (χ4v) is 7.37. The number of nitrogens with zero attached hydrogens (tertiary/aromatic N) is 5. The van der Waals surface area contributed by atoms with E-state index in [0.29, 0.717) is 12.2 Å². The molecule has 2 aromatic heterocycles. The van der Waals surface area contributed by atoms with E-state index in [9.17, 15) is 23.1 Å². The summed E-state index contributed by atoms with van der Waals surface area (Å²) in [5.74, 6) is -2.07. The Hall–Kier alpha value is -2.82. The number of hydrogen-bond donors (Lipinski definition) is 0. The van der Waals surface area contributed by atoms with Crippen molar-refractivity contribution in [3.8, 4) is 0 Å². The molecule has 3 atom stereocenters. The molecule has 2 aromatic rings. The van der Waals surface area contributed by atoms with Crippen LogP contribution in [0.2, 0.25) is 0 Å². The number of carbonyl (C=O) groups excluding carboxylic acids is 2. The molecule has 10 nitrogen and oxygen atoms in total. The van der Waals surface area contributed by atoms with Gasteiger partial charge in [0.25, 0.3) is 0 Å². The summed E-state index contributed by atoms with van der Waals surface area (Å²) in [5, 5.41) is 18.8. The van der Waals surface area contributed by atoms with Gasteiger partial charge < -0.3 is 14.8 Å². The Morgan fingerprint density at radius 1 is 1.40 bits per heavy atom. The minimum atomic E-state index is -3.92. The number of carboxylic acids is 1. The van der Waals surface area contributed by atoms with Crippen LogP contribution in [0.1, 0.15) is 36.7 Å². The molecule has 3 aliphatic rings. The van der Waals surface area contributed by atoms with Crippen LogP contribution >= 0.6 is 0 Å². The van der Waals surface area contributed by atoms with E-state index in [-0.39, 0.29) is 13.0 Å². The lowest BCUT2D eigenvalue weighted by Crippen LogP contribution is -2.61. The van der Waals surface area contributed by atoms with Crippen molar-refractivity contribution >= 4 is 21.7 Å². The van der Waals surface area contributed by atoms with Crippen molar-refractivity contribution in [3.05, 3.63) is 41.5 Å². The lowest BCUT2D eigenvalue weighted by molar-refractivity contribution is -0.696. The molecule has 5 rings (SSSR count). The van der Waals surface area contributed by atoms with Crippen molar-refractivity contribution in [2.75, 3.05) is 0 Å². The molecule has 4 heterocycles. The first-order valence-electron chi connectivity index (χ1n) is 9.87. The molecule has 0 bridgehead atoms. The standard InChI is InChI=1S/C19H21N5O5S/c1-19(17(18(26)27)24-15(25)8-16(24)30(19,28)29)11-23-10-13(20-21-23)9-22-7-3-5-12-4-2-6-14(12)22/h3,5,7,10,16-17H,2,4,6,8-9,11H2,1H3/t16-,17+,19+/m1/s1. The Bertz CT molecular complexity index is 1180. The lowest BCUT2D eigenvalue weighted by atomic mass is 9.96. The van der Waals surface area contributed by atoms with E-state index in [0.717, 1.165) is 24.2 Å². The Kier molecular flexibility index (Phi) is 4.05. The van der Waals surface area contributed by atoms with Gasteiger partial charge in [-0.2, -0.15) is 4.57 Å². The first-order chi connectivity index (χ1) is 14.2. The number of carbonyl (C=O) groups is 2. The molecule has 11 heteroatoms. The van der Waals surface area contributed by atoms with Crippen LogP contribution in [0.25, 0.3) is 0 Å². The third kappa shape index (κ3) is 2.54. The zero-order valence-electron chi connectivity index (χ0n) is 16.4. The van der Waals surface area contributed by atoms with Crippen molar-refractivity contribution in [3.63, 3.8) is 0 Å². The van der Waals surface area contributed by atoms with Crippen LogP contribution in [0.3, 0.4) is 0 Å². The zero-order chi connectivity index (χ0) is 21.3. The van der Waals surface area contributed by atoms with Gasteiger partial charge in [0.05, 0.1) is 31.2 Å². The molecule has 30 heavy (non-hydrogen) atoms. The minimum absolute atomic E-state index is 0.194. The third-order valence-corrected chi connectivity index (χ3v) is 9.33. The van der Waals surface area contributed by atoms with Crippen molar-refractivity contribution < 1.29 is 27.7 Å². The van der Waals surface area contributed by atoms with Gasteiger partial charge in [0.15, 0.2) is 28.3 Å². The molecule has 2 fully saturated rings. The quantitative estimate of drug-likeness (QED) is 0.394. The number of sulfone groups is 1. The summed E-state index contributed by atoms with van der Waals surface area (Å²) < 4.78 is 27.8. The average molecular weight is 431 g/mol. The number of β-lactam (4-membered cyclic amide) rings is 1. The minimum Gasteiger partial charge on any atom is -0.548 e. The Morgan fingerprint density at radius 2 is 2.20 bits per heavy atom. The van der Waals surface area contributed by atoms with Gasteiger partial charge in [0.2, 0.25) is 5.91 Å². The molecule has 0 saturated carbocycles. The highest BCUT2D eigenvalue weighted by Gasteiger charge is 2.68. The molecule has 0 unspecified atom stereocenters. The maximum atomic E-state index is 13.0. The highest BCUT2D eigenvalue weighted by atomic mass is 32.2. The van der Waals surface area contributed by atoms with Gasteiger partial charge in [0.1, 0.15) is 15.8 Å². The average Bonchev–Trinajstić information content (AvgIpc) is 3.35. The van der Waals surface area contributed by atoms with Crippen LogP contribution in [0.5, 0.6) is 0 Å². The van der Waals surface area contributed by atoms with Crippen LogP contribution in [0, 0.1) is 0 Å². The van der Waals surface area contributed by atoms with Gasteiger partial charge in [-0.05, 0) is 25.8 Å². The van der Waals surface area contributed by atoms with Crippen LogP contribution in [-0.4, -0.2) is 56.4 Å². The number of pyridine rings is 1. The lowest BCUT2D eigenvalue weighted by Gasteiger charge is -2.38. The van der Waals surface area contributed by atoms with Gasteiger partial charge in [-0.15, -0.1) is 5.10 Å². The predicted octanol–water partition coefficient (Wildman–Crippen LogP) is -2.03. The topological polar surface area (TPSA) is 129 Å². The number of fused-ring (bicyclic) bond motifs is 2. The molecule has 1 amide bonds. The van der Waals surface area contributed by atoms with E-state index in [1.807, 2.05) is 12.3 Å². The molecule has 0 radical (unpaired) electrons. The number of hydrogen-bond acceptors (Lipinski definition) is 7. The monoisotopic (exact) mass is 431 g/mol. The molecule has 158 valence electrons. The molecular formula is C19H21N5O5S. The van der Waals surface area contributed by atoms with Crippen molar-refractivity contribution in [2.45, 2.75) is 61.9 Å². The van der Waals surface area contributed by atoms with E-state index in [4.69, 9.17) is 0 Å². The fraction of sp³-hybridized carbons (Fsp3) is 0.526. The van der Waals surface area contributed by atoms with E-state index in [1.54, 1.807) is 6.20 Å².